The number of aliphatic carboxylic acids is 1. The third kappa shape index (κ3) is 2.32. The molecule has 2 N–H and O–H groups in total. The Hall–Kier alpha value is -1.45. The topological polar surface area (TPSA) is 113 Å². The van der Waals surface area contributed by atoms with Crippen LogP contribution in [-0.2, 0) is 19.6 Å². The van der Waals surface area contributed by atoms with Crippen molar-refractivity contribution in [1.29, 1.82) is 0 Å². The second-order valence-electron chi connectivity index (χ2n) is 4.83. The van der Waals surface area contributed by atoms with E-state index >= 15 is 0 Å². The molecule has 1 fully saturated rings. The van der Waals surface area contributed by atoms with E-state index in [1.807, 2.05) is 0 Å². The van der Waals surface area contributed by atoms with Gasteiger partial charge in [0, 0.05) is 7.05 Å². The zero-order valence-electron chi connectivity index (χ0n) is 11.5. The SMILES string of the molecule is Cc1n[nH]c(C)c1S(=O)(=O)N(C)C1COCC1C(=O)O. The Bertz CT molecular complexity index is 605. The van der Waals surface area contributed by atoms with E-state index < -0.39 is 28.0 Å². The fourth-order valence-electron chi connectivity index (χ4n) is 2.38. The van der Waals surface area contributed by atoms with Gasteiger partial charge in [0.05, 0.1) is 36.6 Å². The van der Waals surface area contributed by atoms with E-state index in [0.717, 1.165) is 4.31 Å². The number of carboxylic acid groups (broad SMARTS) is 1. The number of ether oxygens (including phenoxy) is 1. The molecule has 20 heavy (non-hydrogen) atoms. The fraction of sp³-hybridized carbons (Fsp3) is 0.636. The monoisotopic (exact) mass is 303 g/mol. The van der Waals surface area contributed by atoms with Gasteiger partial charge < -0.3 is 9.84 Å². The zero-order valence-corrected chi connectivity index (χ0v) is 12.3. The number of H-pyrrole nitrogens is 1. The number of nitrogens with zero attached hydrogens (tertiary/aromatic N) is 2. The summed E-state index contributed by atoms with van der Waals surface area (Å²) in [7, 11) is -2.44. The Kier molecular flexibility index (Phi) is 3.85. The van der Waals surface area contributed by atoms with Crippen molar-refractivity contribution in [3.63, 3.8) is 0 Å². The minimum atomic E-state index is -3.81. The molecule has 1 saturated heterocycles. The predicted octanol–water partition coefficient (Wildman–Crippen LogP) is -0.253. The van der Waals surface area contributed by atoms with Gasteiger partial charge in [0.2, 0.25) is 10.0 Å². The lowest BCUT2D eigenvalue weighted by atomic mass is 10.1. The van der Waals surface area contributed by atoms with Crippen LogP contribution < -0.4 is 0 Å². The Morgan fingerprint density at radius 1 is 1.45 bits per heavy atom. The van der Waals surface area contributed by atoms with Gasteiger partial charge in [-0.1, -0.05) is 0 Å². The number of hydrogen-bond donors (Lipinski definition) is 2. The van der Waals surface area contributed by atoms with Crippen molar-refractivity contribution in [1.82, 2.24) is 14.5 Å². The first-order chi connectivity index (χ1) is 9.26. The number of hydrogen-bond acceptors (Lipinski definition) is 5. The second kappa shape index (κ2) is 5.15. The summed E-state index contributed by atoms with van der Waals surface area (Å²) in [6.07, 6.45) is 0. The molecule has 1 aliphatic heterocycles. The van der Waals surface area contributed by atoms with Gasteiger partial charge in [-0.2, -0.15) is 9.40 Å². The van der Waals surface area contributed by atoms with Gasteiger partial charge in [0.25, 0.3) is 0 Å². The molecule has 1 aliphatic rings. The lowest BCUT2D eigenvalue weighted by Gasteiger charge is -2.25. The molecule has 9 heteroatoms. The number of rotatable bonds is 4. The largest absolute Gasteiger partial charge is 0.481 e. The number of sulfonamides is 1. The third-order valence-electron chi connectivity index (χ3n) is 3.53. The Balaban J connectivity index is 2.37. The van der Waals surface area contributed by atoms with Crippen molar-refractivity contribution in [2.24, 2.45) is 5.92 Å². The van der Waals surface area contributed by atoms with Gasteiger partial charge in [-0.3, -0.25) is 9.89 Å². The molecule has 8 nitrogen and oxygen atoms in total. The first-order valence-corrected chi connectivity index (χ1v) is 7.51. The third-order valence-corrected chi connectivity index (χ3v) is 5.68. The highest BCUT2D eigenvalue weighted by Gasteiger charge is 2.42. The summed E-state index contributed by atoms with van der Waals surface area (Å²) in [6.45, 7) is 3.29. The van der Waals surface area contributed by atoms with E-state index in [1.54, 1.807) is 13.8 Å². The van der Waals surface area contributed by atoms with E-state index in [2.05, 4.69) is 10.2 Å². The maximum Gasteiger partial charge on any atom is 0.310 e. The zero-order chi connectivity index (χ0) is 15.1. The van der Waals surface area contributed by atoms with E-state index in [4.69, 9.17) is 9.84 Å². The van der Waals surface area contributed by atoms with E-state index in [1.165, 1.54) is 7.05 Å². The molecule has 2 unspecified atom stereocenters. The minimum Gasteiger partial charge on any atom is -0.481 e. The quantitative estimate of drug-likeness (QED) is 0.793. The summed E-state index contributed by atoms with van der Waals surface area (Å²) < 4.78 is 31.4. The molecule has 1 aromatic rings. The van der Waals surface area contributed by atoms with Crippen molar-refractivity contribution < 1.29 is 23.1 Å². The maximum absolute atomic E-state index is 12.6. The van der Waals surface area contributed by atoms with Crippen LogP contribution in [-0.4, -0.2) is 60.3 Å². The van der Waals surface area contributed by atoms with Crippen LogP contribution in [0.4, 0.5) is 0 Å². The first kappa shape index (κ1) is 14.9. The molecule has 2 rings (SSSR count). The molecule has 2 atom stereocenters. The summed E-state index contributed by atoms with van der Waals surface area (Å²) in [5, 5.41) is 15.6. The van der Waals surface area contributed by atoms with Crippen LogP contribution in [0.15, 0.2) is 4.90 Å². The number of likely N-dealkylation sites (N-methyl/N-ethyl adjacent to an activating group) is 1. The molecule has 0 saturated carbocycles. The average molecular weight is 303 g/mol. The molecule has 2 heterocycles. The highest BCUT2D eigenvalue weighted by atomic mass is 32.2. The molecule has 0 aliphatic carbocycles. The molecule has 0 amide bonds. The van der Waals surface area contributed by atoms with Crippen LogP contribution in [0.1, 0.15) is 11.4 Å². The van der Waals surface area contributed by atoms with Crippen LogP contribution in [0.5, 0.6) is 0 Å². The first-order valence-electron chi connectivity index (χ1n) is 6.07. The van der Waals surface area contributed by atoms with Gasteiger partial charge in [0.15, 0.2) is 0 Å². The minimum absolute atomic E-state index is 0.0171. The standard InChI is InChI=1S/C11H17N3O5S/c1-6-10(7(2)13-12-6)20(17,18)14(3)9-5-19-4-8(9)11(15)16/h8-9H,4-5H2,1-3H3,(H,12,13)(H,15,16). The highest BCUT2D eigenvalue weighted by molar-refractivity contribution is 7.89. The van der Waals surface area contributed by atoms with Crippen molar-refractivity contribution in [3.05, 3.63) is 11.4 Å². The molecule has 1 aromatic heterocycles. The number of carboxylic acids is 1. The van der Waals surface area contributed by atoms with Crippen molar-refractivity contribution in [2.75, 3.05) is 20.3 Å². The summed E-state index contributed by atoms with van der Waals surface area (Å²) in [6, 6.07) is -0.716. The van der Waals surface area contributed by atoms with Crippen LogP contribution in [0, 0.1) is 19.8 Å². The van der Waals surface area contributed by atoms with Gasteiger partial charge in [-0.15, -0.1) is 0 Å². The maximum atomic E-state index is 12.6. The summed E-state index contributed by atoms with van der Waals surface area (Å²) in [4.78, 5) is 11.2. The van der Waals surface area contributed by atoms with Crippen LogP contribution in [0.2, 0.25) is 0 Å². The molecule has 0 bridgehead atoms. The number of carbonyl (C=O) groups is 1. The Labute approximate surface area is 116 Å². The lowest BCUT2D eigenvalue weighted by molar-refractivity contribution is -0.142. The molecular weight excluding hydrogens is 286 g/mol. The van der Waals surface area contributed by atoms with E-state index in [9.17, 15) is 13.2 Å². The molecule has 0 aromatic carbocycles. The molecule has 0 radical (unpaired) electrons. The van der Waals surface area contributed by atoms with Crippen LogP contribution in [0.3, 0.4) is 0 Å². The van der Waals surface area contributed by atoms with Gasteiger partial charge in [-0.05, 0) is 13.8 Å². The molecule has 112 valence electrons. The fourth-order valence-corrected chi connectivity index (χ4v) is 4.08. The van der Waals surface area contributed by atoms with Crippen molar-refractivity contribution in [2.45, 2.75) is 24.8 Å². The second-order valence-corrected chi connectivity index (χ2v) is 6.77. The van der Waals surface area contributed by atoms with E-state index in [0.29, 0.717) is 11.4 Å². The van der Waals surface area contributed by atoms with Gasteiger partial charge in [-0.25, -0.2) is 8.42 Å². The number of aromatic amines is 1. The number of aromatic nitrogens is 2. The molecular formula is C11H17N3O5S. The number of aryl methyl sites for hydroxylation is 2. The van der Waals surface area contributed by atoms with Crippen molar-refractivity contribution >= 4 is 16.0 Å². The van der Waals surface area contributed by atoms with Gasteiger partial charge in [0.1, 0.15) is 4.90 Å². The van der Waals surface area contributed by atoms with Crippen molar-refractivity contribution in [3.8, 4) is 0 Å². The summed E-state index contributed by atoms with van der Waals surface area (Å²) in [5.41, 5.74) is 0.792. The predicted molar refractivity (Wildman–Crippen MR) is 68.7 cm³/mol. The van der Waals surface area contributed by atoms with Crippen LogP contribution in [0.25, 0.3) is 0 Å². The summed E-state index contributed by atoms with van der Waals surface area (Å²) in [5.74, 6) is -1.92. The Morgan fingerprint density at radius 2 is 2.10 bits per heavy atom. The molecule has 0 spiro atoms. The normalized spacial score (nSPS) is 23.4. The number of nitrogens with one attached hydrogen (secondary N) is 1. The van der Waals surface area contributed by atoms with Crippen LogP contribution >= 0.6 is 0 Å². The van der Waals surface area contributed by atoms with Gasteiger partial charge >= 0.3 is 5.97 Å². The lowest BCUT2D eigenvalue weighted by Crippen LogP contribution is -2.44. The summed E-state index contributed by atoms with van der Waals surface area (Å²) >= 11 is 0. The Morgan fingerprint density at radius 3 is 2.60 bits per heavy atom. The van der Waals surface area contributed by atoms with E-state index in [-0.39, 0.29) is 18.1 Å². The highest BCUT2D eigenvalue weighted by Crippen LogP contribution is 2.27. The average Bonchev–Trinajstić information content (AvgIpc) is 2.95. The smallest absolute Gasteiger partial charge is 0.310 e.